The lowest BCUT2D eigenvalue weighted by Crippen LogP contribution is -2.03. The highest BCUT2D eigenvalue weighted by molar-refractivity contribution is 5.88. The predicted octanol–water partition coefficient (Wildman–Crippen LogP) is 9.06. The molecule has 0 heterocycles. The molecular formula is C33H50O6. The van der Waals surface area contributed by atoms with Crippen LogP contribution < -0.4 is 9.47 Å². The van der Waals surface area contributed by atoms with Crippen LogP contribution in [0, 0.1) is 0 Å². The zero-order chi connectivity index (χ0) is 28.1. The highest BCUT2D eigenvalue weighted by Crippen LogP contribution is 2.29. The first kappa shape index (κ1) is 32.3. The van der Waals surface area contributed by atoms with Gasteiger partial charge in [-0.25, -0.2) is 4.79 Å². The molecule has 3 N–H and O–H groups in total. The van der Waals surface area contributed by atoms with Crippen LogP contribution >= 0.6 is 0 Å². The monoisotopic (exact) mass is 542 g/mol. The number of hydrogen-bond donors (Lipinski definition) is 3. The normalized spacial score (nSPS) is 11.0. The van der Waals surface area contributed by atoms with Gasteiger partial charge in [0.05, 0.1) is 18.8 Å². The summed E-state index contributed by atoms with van der Waals surface area (Å²) in [5, 5.41) is 28.9. The number of aromatic carboxylic acids is 1. The summed E-state index contributed by atoms with van der Waals surface area (Å²) < 4.78 is 11.7. The molecule has 0 radical (unpaired) electrons. The second kappa shape index (κ2) is 20.1. The second-order valence-corrected chi connectivity index (χ2v) is 10.5. The Morgan fingerprint density at radius 3 is 1.67 bits per heavy atom. The van der Waals surface area contributed by atoms with E-state index in [4.69, 9.17) is 9.47 Å². The zero-order valence-electron chi connectivity index (χ0n) is 24.0. The molecular weight excluding hydrogens is 492 g/mol. The van der Waals surface area contributed by atoms with Crippen LogP contribution in [0.15, 0.2) is 36.4 Å². The van der Waals surface area contributed by atoms with Crippen LogP contribution in [0.3, 0.4) is 0 Å². The van der Waals surface area contributed by atoms with Gasteiger partial charge >= 0.3 is 5.97 Å². The molecule has 2 aromatic rings. The first-order chi connectivity index (χ1) is 19.0. The third-order valence-electron chi connectivity index (χ3n) is 7.10. The minimum Gasteiger partial charge on any atom is -0.504 e. The molecule has 0 fully saturated rings. The lowest BCUT2D eigenvalue weighted by atomic mass is 10.0. The number of hydrogen-bond acceptors (Lipinski definition) is 5. The number of rotatable bonds is 23. The van der Waals surface area contributed by atoms with Crippen molar-refractivity contribution in [3.63, 3.8) is 0 Å². The second-order valence-electron chi connectivity index (χ2n) is 10.5. The van der Waals surface area contributed by atoms with Gasteiger partial charge in [-0.2, -0.15) is 0 Å². The average molecular weight is 543 g/mol. The molecule has 0 atom stereocenters. The molecule has 0 aromatic heterocycles. The van der Waals surface area contributed by atoms with Crippen LogP contribution in [0.4, 0.5) is 0 Å². The third-order valence-corrected chi connectivity index (χ3v) is 7.10. The minimum atomic E-state index is -0.995. The maximum absolute atomic E-state index is 11.6. The number of carboxylic acids is 1. The lowest BCUT2D eigenvalue weighted by Gasteiger charge is -2.11. The minimum absolute atomic E-state index is 0.0315. The van der Waals surface area contributed by atoms with E-state index in [2.05, 4.69) is 6.92 Å². The van der Waals surface area contributed by atoms with Gasteiger partial charge in [-0.15, -0.1) is 0 Å². The quantitative estimate of drug-likeness (QED) is 0.0957. The number of para-hydroxylation sites is 1. The SMILES string of the molecule is CCCCCCCCCCCCCCOc1cc(OCCCCCCc2cccc(O)c2O)cc(C(=O)O)c1. The van der Waals surface area contributed by atoms with Crippen LogP contribution in [0.1, 0.15) is 126 Å². The number of aryl methyl sites for hydroxylation is 1. The Labute approximate surface area is 235 Å². The van der Waals surface area contributed by atoms with Crippen molar-refractivity contribution < 1.29 is 29.6 Å². The summed E-state index contributed by atoms with van der Waals surface area (Å²) in [5.74, 6) is -0.0491. The number of phenolic OH excluding ortho intramolecular Hbond substituents is 2. The summed E-state index contributed by atoms with van der Waals surface area (Å²) in [7, 11) is 0. The van der Waals surface area contributed by atoms with E-state index in [-0.39, 0.29) is 17.1 Å². The van der Waals surface area contributed by atoms with E-state index in [0.29, 0.717) is 31.1 Å². The van der Waals surface area contributed by atoms with Gasteiger partial charge in [0.25, 0.3) is 0 Å². The van der Waals surface area contributed by atoms with Crippen molar-refractivity contribution in [2.75, 3.05) is 13.2 Å². The first-order valence-corrected chi connectivity index (χ1v) is 15.1. The van der Waals surface area contributed by atoms with Crippen molar-refractivity contribution in [1.29, 1.82) is 0 Å². The average Bonchev–Trinajstić information content (AvgIpc) is 2.93. The predicted molar refractivity (Wildman–Crippen MR) is 157 cm³/mol. The molecule has 0 unspecified atom stereocenters. The van der Waals surface area contributed by atoms with Gasteiger partial charge in [0, 0.05) is 6.07 Å². The number of ether oxygens (including phenoxy) is 2. The molecule has 218 valence electrons. The van der Waals surface area contributed by atoms with E-state index >= 15 is 0 Å². The Morgan fingerprint density at radius 1 is 0.667 bits per heavy atom. The molecule has 39 heavy (non-hydrogen) atoms. The van der Waals surface area contributed by atoms with Gasteiger partial charge in [0.2, 0.25) is 0 Å². The molecule has 2 aromatic carbocycles. The van der Waals surface area contributed by atoms with Gasteiger partial charge in [0.15, 0.2) is 11.5 Å². The van der Waals surface area contributed by atoms with Gasteiger partial charge in [-0.3, -0.25) is 0 Å². The first-order valence-electron chi connectivity index (χ1n) is 15.1. The largest absolute Gasteiger partial charge is 0.504 e. The van der Waals surface area contributed by atoms with E-state index in [9.17, 15) is 20.1 Å². The molecule has 0 saturated carbocycles. The summed E-state index contributed by atoms with van der Waals surface area (Å²) in [6.45, 7) is 3.33. The Hall–Kier alpha value is -2.89. The van der Waals surface area contributed by atoms with Crippen molar-refractivity contribution in [1.82, 2.24) is 0 Å². The fourth-order valence-electron chi connectivity index (χ4n) is 4.74. The van der Waals surface area contributed by atoms with Gasteiger partial charge in [-0.1, -0.05) is 103 Å². The van der Waals surface area contributed by atoms with Crippen LogP contribution in [-0.2, 0) is 6.42 Å². The van der Waals surface area contributed by atoms with Crippen LogP contribution in [0.2, 0.25) is 0 Å². The van der Waals surface area contributed by atoms with Crippen molar-refractivity contribution in [2.24, 2.45) is 0 Å². The molecule has 2 rings (SSSR count). The van der Waals surface area contributed by atoms with Crippen molar-refractivity contribution in [2.45, 2.75) is 116 Å². The van der Waals surface area contributed by atoms with Gasteiger partial charge in [-0.05, 0) is 49.4 Å². The zero-order valence-corrected chi connectivity index (χ0v) is 24.0. The third kappa shape index (κ3) is 14.2. The van der Waals surface area contributed by atoms with Crippen LogP contribution in [-0.4, -0.2) is 34.5 Å². The van der Waals surface area contributed by atoms with Gasteiger partial charge < -0.3 is 24.8 Å². The number of aromatic hydroxyl groups is 2. The molecule has 0 amide bonds. The highest BCUT2D eigenvalue weighted by Gasteiger charge is 2.10. The highest BCUT2D eigenvalue weighted by atomic mass is 16.5. The Kier molecular flexibility index (Phi) is 16.6. The fraction of sp³-hybridized carbons (Fsp3) is 0.606. The van der Waals surface area contributed by atoms with Crippen LogP contribution in [0.5, 0.6) is 23.0 Å². The number of carboxylic acid groups (broad SMARTS) is 1. The molecule has 0 bridgehead atoms. The number of phenols is 2. The maximum atomic E-state index is 11.6. The topological polar surface area (TPSA) is 96.2 Å². The lowest BCUT2D eigenvalue weighted by molar-refractivity contribution is 0.0695. The summed E-state index contributed by atoms with van der Waals surface area (Å²) >= 11 is 0. The summed E-state index contributed by atoms with van der Waals surface area (Å²) in [4.78, 5) is 11.6. The van der Waals surface area contributed by atoms with Crippen molar-refractivity contribution >= 4 is 5.97 Å². The number of carbonyl (C=O) groups is 1. The smallest absolute Gasteiger partial charge is 0.335 e. The molecule has 0 spiro atoms. The van der Waals surface area contributed by atoms with E-state index in [1.165, 1.54) is 70.3 Å². The molecule has 0 aliphatic heterocycles. The number of benzene rings is 2. The Balaban J connectivity index is 1.58. The fourth-order valence-corrected chi connectivity index (χ4v) is 4.74. The van der Waals surface area contributed by atoms with E-state index in [1.807, 2.05) is 6.07 Å². The maximum Gasteiger partial charge on any atom is 0.335 e. The standard InChI is InChI=1S/C33H50O6/c1-2-3-4-5-6-7-8-9-10-11-13-16-22-38-29-24-28(33(36)37)25-30(26-29)39-23-17-14-12-15-19-27-20-18-21-31(34)32(27)35/h18,20-21,24-26,34-35H,2-17,19,22-23H2,1H3,(H,36,37). The molecule has 0 aliphatic rings. The van der Waals surface area contributed by atoms with Crippen molar-refractivity contribution in [3.8, 4) is 23.0 Å². The van der Waals surface area contributed by atoms with Crippen molar-refractivity contribution in [3.05, 3.63) is 47.5 Å². The molecule has 6 heteroatoms. The van der Waals surface area contributed by atoms with E-state index < -0.39 is 5.97 Å². The van der Waals surface area contributed by atoms with E-state index in [1.54, 1.807) is 24.3 Å². The molecule has 6 nitrogen and oxygen atoms in total. The molecule has 0 saturated heterocycles. The molecule has 0 aliphatic carbocycles. The summed E-state index contributed by atoms with van der Waals surface area (Å²) in [6, 6.07) is 9.92. The Bertz CT molecular complexity index is 942. The van der Waals surface area contributed by atoms with E-state index in [0.717, 1.165) is 44.1 Å². The van der Waals surface area contributed by atoms with Crippen LogP contribution in [0.25, 0.3) is 0 Å². The number of unbranched alkanes of at least 4 members (excludes halogenated alkanes) is 14. The summed E-state index contributed by atoms with van der Waals surface area (Å²) in [5.41, 5.74) is 0.927. The summed E-state index contributed by atoms with van der Waals surface area (Å²) in [6.07, 6.45) is 19.8. The van der Waals surface area contributed by atoms with Gasteiger partial charge in [0.1, 0.15) is 11.5 Å². The Morgan fingerprint density at radius 2 is 1.15 bits per heavy atom.